The SMILES string of the molecule is CCCCN(CC1CCCN1)S(=O)(=O)N1CCCCC1C. The quantitative estimate of drug-likeness (QED) is 0.781. The fourth-order valence-corrected chi connectivity index (χ4v) is 5.30. The van der Waals surface area contributed by atoms with E-state index in [4.69, 9.17) is 0 Å². The van der Waals surface area contributed by atoms with Crippen molar-refractivity contribution in [2.45, 2.75) is 70.9 Å². The molecule has 2 saturated heterocycles. The highest BCUT2D eigenvalue weighted by molar-refractivity contribution is 7.86. The molecule has 2 rings (SSSR count). The van der Waals surface area contributed by atoms with Crippen LogP contribution in [0.2, 0.25) is 0 Å². The Hall–Kier alpha value is -0.170. The maximum atomic E-state index is 13.0. The molecule has 0 radical (unpaired) electrons. The van der Waals surface area contributed by atoms with Crippen molar-refractivity contribution < 1.29 is 8.42 Å². The van der Waals surface area contributed by atoms with Gasteiger partial charge in [-0.2, -0.15) is 17.0 Å². The van der Waals surface area contributed by atoms with E-state index in [1.54, 1.807) is 8.61 Å². The van der Waals surface area contributed by atoms with Crippen LogP contribution in [0.5, 0.6) is 0 Å². The average Bonchev–Trinajstić information content (AvgIpc) is 2.96. The summed E-state index contributed by atoms with van der Waals surface area (Å²) in [5, 5.41) is 3.43. The first-order valence-electron chi connectivity index (χ1n) is 8.56. The highest BCUT2D eigenvalue weighted by Crippen LogP contribution is 2.23. The van der Waals surface area contributed by atoms with Crippen LogP contribution in [0.25, 0.3) is 0 Å². The van der Waals surface area contributed by atoms with Gasteiger partial charge >= 0.3 is 0 Å². The lowest BCUT2D eigenvalue weighted by Crippen LogP contribution is -2.52. The summed E-state index contributed by atoms with van der Waals surface area (Å²) < 4.78 is 29.5. The van der Waals surface area contributed by atoms with E-state index in [-0.39, 0.29) is 6.04 Å². The number of hydrogen-bond donors (Lipinski definition) is 1. The molecule has 2 unspecified atom stereocenters. The fourth-order valence-electron chi connectivity index (χ4n) is 3.36. The standard InChI is InChI=1S/C15H31N3O2S/c1-3-4-11-17(13-15-9-7-10-16-15)21(19,20)18-12-6-5-8-14(18)2/h14-16H,3-13H2,1-2H3. The molecule has 2 atom stereocenters. The summed E-state index contributed by atoms with van der Waals surface area (Å²) in [6.45, 7) is 7.15. The van der Waals surface area contributed by atoms with Gasteiger partial charge in [0.05, 0.1) is 0 Å². The molecule has 0 bridgehead atoms. The van der Waals surface area contributed by atoms with Crippen molar-refractivity contribution in [3.05, 3.63) is 0 Å². The maximum Gasteiger partial charge on any atom is 0.282 e. The third kappa shape index (κ3) is 4.41. The van der Waals surface area contributed by atoms with Crippen LogP contribution in [0.3, 0.4) is 0 Å². The van der Waals surface area contributed by atoms with Gasteiger partial charge in [-0.15, -0.1) is 0 Å². The summed E-state index contributed by atoms with van der Waals surface area (Å²) >= 11 is 0. The predicted octanol–water partition coefficient (Wildman–Crippen LogP) is 1.96. The first-order valence-corrected chi connectivity index (χ1v) is 9.95. The van der Waals surface area contributed by atoms with E-state index in [1.807, 2.05) is 6.92 Å². The number of piperidine rings is 1. The molecule has 0 aromatic rings. The van der Waals surface area contributed by atoms with Crippen LogP contribution in [-0.2, 0) is 10.2 Å². The molecule has 0 aliphatic carbocycles. The zero-order chi connectivity index (χ0) is 15.3. The molecule has 2 fully saturated rings. The lowest BCUT2D eigenvalue weighted by atomic mass is 10.1. The topological polar surface area (TPSA) is 52.7 Å². The Labute approximate surface area is 130 Å². The molecule has 2 heterocycles. The molecule has 0 amide bonds. The van der Waals surface area contributed by atoms with Crippen molar-refractivity contribution in [1.82, 2.24) is 13.9 Å². The van der Waals surface area contributed by atoms with Crippen LogP contribution in [0, 0.1) is 0 Å². The van der Waals surface area contributed by atoms with Crippen molar-refractivity contribution in [3.63, 3.8) is 0 Å². The average molecular weight is 317 g/mol. The Bertz CT molecular complexity index is 407. The molecule has 0 spiro atoms. The van der Waals surface area contributed by atoms with Crippen molar-refractivity contribution in [1.29, 1.82) is 0 Å². The first-order chi connectivity index (χ1) is 10.1. The van der Waals surface area contributed by atoms with Crippen molar-refractivity contribution in [2.24, 2.45) is 0 Å². The second-order valence-corrected chi connectivity index (χ2v) is 8.35. The molecule has 6 heteroatoms. The summed E-state index contributed by atoms with van der Waals surface area (Å²) in [7, 11) is -3.31. The largest absolute Gasteiger partial charge is 0.313 e. The Balaban J connectivity index is 2.08. The lowest BCUT2D eigenvalue weighted by Gasteiger charge is -2.37. The summed E-state index contributed by atoms with van der Waals surface area (Å²) in [6, 6.07) is 0.473. The molecular formula is C15H31N3O2S. The van der Waals surface area contributed by atoms with Crippen LogP contribution in [0.4, 0.5) is 0 Å². The van der Waals surface area contributed by atoms with Gasteiger partial charge in [0.1, 0.15) is 0 Å². The van der Waals surface area contributed by atoms with Gasteiger partial charge in [0.15, 0.2) is 0 Å². The van der Waals surface area contributed by atoms with Crippen LogP contribution in [-0.4, -0.2) is 55.3 Å². The number of unbranched alkanes of at least 4 members (excludes halogenated alkanes) is 1. The van der Waals surface area contributed by atoms with Crippen LogP contribution in [0.1, 0.15) is 58.8 Å². The Morgan fingerprint density at radius 2 is 2.05 bits per heavy atom. The third-order valence-electron chi connectivity index (χ3n) is 4.71. The van der Waals surface area contributed by atoms with Gasteiger partial charge in [0.25, 0.3) is 10.2 Å². The Kier molecular flexibility index (Phi) is 6.47. The molecule has 0 saturated carbocycles. The van der Waals surface area contributed by atoms with Crippen molar-refractivity contribution in [3.8, 4) is 0 Å². The third-order valence-corrected chi connectivity index (χ3v) is 6.83. The monoisotopic (exact) mass is 317 g/mol. The van der Waals surface area contributed by atoms with E-state index in [9.17, 15) is 8.42 Å². The second kappa shape index (κ2) is 7.90. The number of nitrogens with zero attached hydrogens (tertiary/aromatic N) is 2. The summed E-state index contributed by atoms with van der Waals surface area (Å²) in [5.74, 6) is 0. The minimum absolute atomic E-state index is 0.143. The molecule has 2 aliphatic rings. The lowest BCUT2D eigenvalue weighted by molar-refractivity contribution is 0.239. The number of rotatable bonds is 7. The molecular weight excluding hydrogens is 286 g/mol. The minimum atomic E-state index is -3.31. The number of hydrogen-bond acceptors (Lipinski definition) is 3. The van der Waals surface area contributed by atoms with Crippen LogP contribution in [0.15, 0.2) is 0 Å². The summed E-state index contributed by atoms with van der Waals surface area (Å²) in [4.78, 5) is 0. The highest BCUT2D eigenvalue weighted by atomic mass is 32.2. The molecule has 0 aromatic carbocycles. The molecule has 0 aromatic heterocycles. The van der Waals surface area contributed by atoms with Crippen LogP contribution >= 0.6 is 0 Å². The van der Waals surface area contributed by atoms with E-state index in [0.29, 0.717) is 25.7 Å². The van der Waals surface area contributed by atoms with E-state index in [2.05, 4.69) is 12.2 Å². The maximum absolute atomic E-state index is 13.0. The Morgan fingerprint density at radius 1 is 1.24 bits per heavy atom. The van der Waals surface area contributed by atoms with Gasteiger partial charge in [0, 0.05) is 31.7 Å². The molecule has 124 valence electrons. The van der Waals surface area contributed by atoms with Gasteiger partial charge in [-0.05, 0) is 45.6 Å². The smallest absolute Gasteiger partial charge is 0.282 e. The Morgan fingerprint density at radius 3 is 2.67 bits per heavy atom. The van der Waals surface area contributed by atoms with Gasteiger partial charge in [-0.3, -0.25) is 0 Å². The van der Waals surface area contributed by atoms with Gasteiger partial charge in [-0.25, -0.2) is 0 Å². The molecule has 5 nitrogen and oxygen atoms in total. The second-order valence-electron chi connectivity index (χ2n) is 6.47. The van der Waals surface area contributed by atoms with Gasteiger partial charge in [0.2, 0.25) is 0 Å². The van der Waals surface area contributed by atoms with E-state index in [1.165, 1.54) is 0 Å². The molecule has 2 aliphatic heterocycles. The van der Waals surface area contributed by atoms with Crippen molar-refractivity contribution in [2.75, 3.05) is 26.2 Å². The minimum Gasteiger partial charge on any atom is -0.313 e. The normalized spacial score (nSPS) is 28.3. The van der Waals surface area contributed by atoms with E-state index < -0.39 is 10.2 Å². The van der Waals surface area contributed by atoms with E-state index >= 15 is 0 Å². The van der Waals surface area contributed by atoms with Gasteiger partial charge < -0.3 is 5.32 Å². The predicted molar refractivity (Wildman–Crippen MR) is 86.4 cm³/mol. The van der Waals surface area contributed by atoms with E-state index in [0.717, 1.165) is 51.5 Å². The van der Waals surface area contributed by atoms with Gasteiger partial charge in [-0.1, -0.05) is 19.8 Å². The summed E-state index contributed by atoms with van der Waals surface area (Å²) in [6.07, 6.45) is 7.34. The number of nitrogens with one attached hydrogen (secondary N) is 1. The summed E-state index contributed by atoms with van der Waals surface area (Å²) in [5.41, 5.74) is 0. The zero-order valence-electron chi connectivity index (χ0n) is 13.6. The zero-order valence-corrected chi connectivity index (χ0v) is 14.4. The van der Waals surface area contributed by atoms with Crippen LogP contribution < -0.4 is 5.32 Å². The molecule has 21 heavy (non-hydrogen) atoms. The van der Waals surface area contributed by atoms with Crippen molar-refractivity contribution >= 4 is 10.2 Å². The first kappa shape index (κ1) is 17.2. The fraction of sp³-hybridized carbons (Fsp3) is 1.00. The molecule has 1 N–H and O–H groups in total. The highest BCUT2D eigenvalue weighted by Gasteiger charge is 2.35.